The van der Waals surface area contributed by atoms with E-state index in [1.165, 1.54) is 18.2 Å². The maximum Gasteiger partial charge on any atom is 0.407 e. The molecule has 6 fully saturated rings. The van der Waals surface area contributed by atoms with Gasteiger partial charge in [0.25, 0.3) is 16.7 Å². The van der Waals surface area contributed by atoms with Crippen LogP contribution in [0, 0.1) is 67.3 Å². The largest absolute Gasteiger partial charge is 0.444 e. The maximum absolute atomic E-state index is 15.5. The predicted molar refractivity (Wildman–Crippen MR) is 367 cm³/mol. The number of rotatable bonds is 15. The number of aryl methyl sites for hydroxylation is 4. The fraction of sp³-hybridized carbons (Fsp3) is 0.575. The summed E-state index contributed by atoms with van der Waals surface area (Å²) < 4.78 is 62.4. The highest BCUT2D eigenvalue weighted by Crippen LogP contribution is 2.45. The Morgan fingerprint density at radius 3 is 1.26 bits per heavy atom. The van der Waals surface area contributed by atoms with E-state index in [0.29, 0.717) is 84.0 Å². The molecule has 6 aromatic rings. The highest BCUT2D eigenvalue weighted by Gasteiger charge is 2.38. The first kappa shape index (κ1) is 69.9. The summed E-state index contributed by atoms with van der Waals surface area (Å²) in [5.74, 6) is -0.258. The summed E-state index contributed by atoms with van der Waals surface area (Å²) >= 11 is 0. The Morgan fingerprint density at radius 1 is 0.568 bits per heavy atom. The first-order chi connectivity index (χ1) is 44.8. The van der Waals surface area contributed by atoms with Crippen molar-refractivity contribution in [3.05, 3.63) is 118 Å². The molecule has 3 saturated heterocycles. The zero-order valence-corrected chi connectivity index (χ0v) is 57.6. The van der Waals surface area contributed by atoms with E-state index in [1.54, 1.807) is 29.7 Å². The molecule has 95 heavy (non-hydrogen) atoms. The first-order valence-corrected chi connectivity index (χ1v) is 34.0. The molecule has 3 saturated carbocycles. The second-order valence-electron chi connectivity index (χ2n) is 29.6. The lowest BCUT2D eigenvalue weighted by Gasteiger charge is -2.27. The minimum Gasteiger partial charge on any atom is -0.444 e. The molecule has 3 aromatic heterocycles. The van der Waals surface area contributed by atoms with E-state index in [1.807, 2.05) is 102 Å². The number of aromatic nitrogens is 3. The van der Waals surface area contributed by atoms with Gasteiger partial charge in [-0.1, -0.05) is 0 Å². The molecule has 3 aliphatic heterocycles. The van der Waals surface area contributed by atoms with Crippen LogP contribution in [0.25, 0.3) is 32.7 Å². The summed E-state index contributed by atoms with van der Waals surface area (Å²) in [4.78, 5) is 80.5. The van der Waals surface area contributed by atoms with E-state index in [4.69, 9.17) is 20.9 Å². The van der Waals surface area contributed by atoms with E-state index in [0.717, 1.165) is 109 Å². The molecule has 0 spiro atoms. The second-order valence-corrected chi connectivity index (χ2v) is 29.6. The second kappa shape index (κ2) is 27.7. The molecule has 6 heterocycles. The Morgan fingerprint density at radius 2 is 0.916 bits per heavy atom. The number of hydrogen-bond acceptors (Lipinski definition) is 14. The van der Waals surface area contributed by atoms with Gasteiger partial charge in [-0.15, -0.1) is 0 Å². The lowest BCUT2D eigenvalue weighted by molar-refractivity contribution is -0.117. The molecule has 22 heteroatoms. The van der Waals surface area contributed by atoms with E-state index < -0.39 is 29.2 Å². The average molecular weight is 1310 g/mol. The number of carbonyl (C=O) groups excluding carboxylic acids is 3. The lowest BCUT2D eigenvalue weighted by Crippen LogP contribution is -2.42. The molecular formula is C73H96F3N11O8. The van der Waals surface area contributed by atoms with E-state index >= 15 is 13.2 Å². The molecular weight excluding hydrogens is 1220 g/mol. The molecule has 0 bridgehead atoms. The molecule has 19 nitrogen and oxygen atoms in total. The number of ketones is 1. The number of benzene rings is 3. The van der Waals surface area contributed by atoms with Crippen LogP contribution < -0.4 is 53.5 Å². The number of nitrogens with zero attached hydrogens (tertiary/aromatic N) is 7. The van der Waals surface area contributed by atoms with Crippen molar-refractivity contribution in [1.82, 2.24) is 24.3 Å². The molecule has 2 amide bonds. The van der Waals surface area contributed by atoms with Crippen LogP contribution in [-0.4, -0.2) is 100 Å². The molecule has 12 rings (SSSR count). The van der Waals surface area contributed by atoms with Crippen molar-refractivity contribution in [2.75, 3.05) is 54.0 Å². The first-order valence-electron chi connectivity index (χ1n) is 34.0. The molecule has 6 atom stereocenters. The Balaban J connectivity index is 0.000000156. The van der Waals surface area contributed by atoms with E-state index in [9.17, 15) is 34.0 Å². The van der Waals surface area contributed by atoms with Crippen molar-refractivity contribution in [2.24, 2.45) is 29.2 Å². The Labute approximate surface area is 554 Å². The van der Waals surface area contributed by atoms with Crippen molar-refractivity contribution in [2.45, 2.75) is 215 Å². The van der Waals surface area contributed by atoms with Crippen LogP contribution in [0.5, 0.6) is 0 Å². The third-order valence-corrected chi connectivity index (χ3v) is 19.8. The van der Waals surface area contributed by atoms with Crippen LogP contribution in [0.1, 0.15) is 185 Å². The van der Waals surface area contributed by atoms with Gasteiger partial charge in [0.15, 0.2) is 0 Å². The molecule has 6 aliphatic rings. The third kappa shape index (κ3) is 15.4. The fourth-order valence-electron chi connectivity index (χ4n) is 14.6. The average Bonchev–Trinajstić information content (AvgIpc) is 1.72. The Kier molecular flexibility index (Phi) is 20.4. The van der Waals surface area contributed by atoms with Gasteiger partial charge in [-0.05, 0) is 218 Å². The number of carbonyl (C=O) groups is 3. The number of anilines is 3. The molecule has 512 valence electrons. The minimum atomic E-state index is -0.573. The van der Waals surface area contributed by atoms with Crippen LogP contribution in [0.15, 0.2) is 50.8 Å². The smallest absolute Gasteiger partial charge is 0.407 e. The summed E-state index contributed by atoms with van der Waals surface area (Å²) in [5.41, 5.74) is 18.3. The number of hydrogen-bond donors (Lipinski definition) is 4. The fourth-order valence-corrected chi connectivity index (χ4v) is 14.6. The number of alkyl carbamates (subject to hydrolysis) is 2. The number of ether oxygens (including phenoxy) is 2. The van der Waals surface area contributed by atoms with Crippen LogP contribution in [0.3, 0.4) is 0 Å². The highest BCUT2D eigenvalue weighted by atomic mass is 19.1. The van der Waals surface area contributed by atoms with E-state index in [2.05, 4.69) is 21.6 Å². The molecule has 0 unspecified atom stereocenters. The van der Waals surface area contributed by atoms with Gasteiger partial charge < -0.3 is 64.8 Å². The van der Waals surface area contributed by atoms with Gasteiger partial charge in [0.2, 0.25) is 0 Å². The number of pyridine rings is 3. The monoisotopic (exact) mass is 1310 g/mol. The maximum atomic E-state index is 15.5. The third-order valence-electron chi connectivity index (χ3n) is 19.8. The summed E-state index contributed by atoms with van der Waals surface area (Å²) in [6.45, 7) is 28.2. The molecule has 3 aromatic carbocycles. The zero-order chi connectivity index (χ0) is 69.0. The number of Topliss-reactive ketones (excluding diaryl/α,β-unsaturated/α-hetero) is 1. The number of nitriles is 1. The summed E-state index contributed by atoms with van der Waals surface area (Å²) in [5, 5.41) is 17.3. The Hall–Kier alpha value is -7.90. The van der Waals surface area contributed by atoms with Crippen LogP contribution in [0.2, 0.25) is 0 Å². The topological polar surface area (TPSA) is 245 Å². The number of nitrogens with one attached hydrogen (secondary N) is 2. The van der Waals surface area contributed by atoms with Gasteiger partial charge >= 0.3 is 12.2 Å². The van der Waals surface area contributed by atoms with Crippen molar-refractivity contribution in [1.29, 1.82) is 5.26 Å². The van der Waals surface area contributed by atoms with Crippen molar-refractivity contribution < 1.29 is 37.0 Å². The standard InChI is InChI=1S/C25H35FN4O3.C25H31FN4O3.C23H30FN3O2/c2*1-14-22-19(17(12-27)10-21(31)30(22)18-6-7-18)11-20(26)23(14)29-9-8-16(13-29)15(2)28-24(32)33-25(3,4)5;1-13(28)4-5-16-10-21(29)27(18-6-7-18)22-14(2)23(20(24)11-19(16)22)26-9-8-17(12-26)15(3)25/h10-11,15-16,18H,6-9,12-13,27H2,1-5H3,(H,28,32);10-11,15-16,18H,6-9,13H2,1-5H3,(H,28,32);10-11,15,17-18H,4-9,12,25H2,1-3H3/t2*15-,16+;15-,17+/m000/s1. The predicted octanol–water partition coefficient (Wildman–Crippen LogP) is 11.9. The number of amides is 2. The van der Waals surface area contributed by atoms with E-state index in [-0.39, 0.29) is 94.3 Å². The van der Waals surface area contributed by atoms with Crippen LogP contribution in [-0.2, 0) is 27.2 Å². The van der Waals surface area contributed by atoms with Crippen molar-refractivity contribution in [3.63, 3.8) is 0 Å². The summed E-state index contributed by atoms with van der Waals surface area (Å²) in [6.07, 6.45) is 8.17. The van der Waals surface area contributed by atoms with Gasteiger partial charge in [-0.3, -0.25) is 14.4 Å². The number of nitrogens with two attached hydrogens (primary N) is 2. The van der Waals surface area contributed by atoms with Gasteiger partial charge in [0.1, 0.15) is 40.5 Å². The van der Waals surface area contributed by atoms with Gasteiger partial charge in [0.05, 0.1) is 39.2 Å². The summed E-state index contributed by atoms with van der Waals surface area (Å²) in [6, 6.07) is 11.3. The van der Waals surface area contributed by atoms with Gasteiger partial charge in [-0.25, -0.2) is 22.8 Å². The summed E-state index contributed by atoms with van der Waals surface area (Å²) in [7, 11) is 0. The van der Waals surface area contributed by atoms with Gasteiger partial charge in [-0.2, -0.15) is 5.26 Å². The SMILES string of the molecule is CC(=O)CCc1cc(=O)n(C2CC2)c2c(C)c(N3CC[C@@H]([C@H](C)N)C3)c(F)cc12.Cc1c(N2CC[C@@H]([C@H](C)NC(=O)OC(C)(C)C)C2)c(F)cc2c(C#N)cc(=O)n(C3CC3)c12.Cc1c(N2CC[C@@H]([C@H](C)NC(=O)OC(C)(C)C)C2)c(F)cc2c(CN)cc(=O)n(C3CC3)c12. The molecule has 3 aliphatic carbocycles. The van der Waals surface area contributed by atoms with Crippen LogP contribution >= 0.6 is 0 Å². The van der Waals surface area contributed by atoms with Crippen molar-refractivity contribution >= 4 is 67.7 Å². The van der Waals surface area contributed by atoms with Crippen LogP contribution in [0.4, 0.5) is 39.8 Å². The highest BCUT2D eigenvalue weighted by molar-refractivity contribution is 5.93. The van der Waals surface area contributed by atoms with Gasteiger partial charge in [0, 0.05) is 123 Å². The van der Waals surface area contributed by atoms with Crippen molar-refractivity contribution in [3.8, 4) is 6.07 Å². The zero-order valence-electron chi connectivity index (χ0n) is 57.6. The molecule has 0 radical (unpaired) electrons. The normalized spacial score (nSPS) is 19.8. The Bertz CT molecular complexity index is 4210. The number of fused-ring (bicyclic) bond motifs is 3. The minimum absolute atomic E-state index is 0.0471. The quantitative estimate of drug-likeness (QED) is 0.0747. The lowest BCUT2D eigenvalue weighted by atomic mass is 9.98. The number of halogens is 3. The molecule has 6 N–H and O–H groups in total.